The number of nitrogens with one attached hydrogen (secondary N) is 1. The Morgan fingerprint density at radius 1 is 1.07 bits per heavy atom. The molecule has 0 saturated heterocycles. The first-order valence-electron chi connectivity index (χ1n) is 10.8. The van der Waals surface area contributed by atoms with Gasteiger partial charge in [-0.05, 0) is 24.5 Å². The molecule has 1 N–H and O–H groups in total. The number of halogens is 1. The molecule has 0 aromatic heterocycles. The van der Waals surface area contributed by atoms with Crippen LogP contribution in [-0.4, -0.2) is 35.3 Å². The molecule has 6 heteroatoms. The van der Waals surface area contributed by atoms with Crippen LogP contribution < -0.4 is 5.32 Å². The van der Waals surface area contributed by atoms with E-state index < -0.39 is 0 Å². The zero-order chi connectivity index (χ0) is 20.8. The van der Waals surface area contributed by atoms with Gasteiger partial charge in [-0.25, -0.2) is 9.18 Å². The second-order valence-electron chi connectivity index (χ2n) is 8.10. The maximum atomic E-state index is 14.1. The lowest BCUT2D eigenvalue weighted by molar-refractivity contribution is 0.0583. The minimum absolute atomic E-state index is 0.0753. The SMILES string of the molecule is O=C(NC1CCCCC1)N(Cc1ccccc1)CC1CC(c2ccccc2F)=NO1. The highest BCUT2D eigenvalue weighted by atomic mass is 19.1. The Labute approximate surface area is 176 Å². The van der Waals surface area contributed by atoms with Crippen molar-refractivity contribution in [3.8, 4) is 0 Å². The van der Waals surface area contributed by atoms with Gasteiger partial charge in [-0.3, -0.25) is 0 Å². The molecule has 1 atom stereocenters. The molecule has 1 saturated carbocycles. The van der Waals surface area contributed by atoms with Crippen LogP contribution in [0, 0.1) is 5.82 Å². The number of hydrogen-bond acceptors (Lipinski definition) is 3. The van der Waals surface area contributed by atoms with Crippen LogP contribution in [-0.2, 0) is 11.4 Å². The van der Waals surface area contributed by atoms with Crippen molar-refractivity contribution in [1.82, 2.24) is 10.2 Å². The van der Waals surface area contributed by atoms with Crippen molar-refractivity contribution in [3.63, 3.8) is 0 Å². The van der Waals surface area contributed by atoms with E-state index in [1.807, 2.05) is 30.3 Å². The predicted molar refractivity (Wildman–Crippen MR) is 115 cm³/mol. The molecule has 158 valence electrons. The number of benzene rings is 2. The first kappa shape index (κ1) is 20.4. The van der Waals surface area contributed by atoms with Gasteiger partial charge in [0, 0.05) is 24.6 Å². The number of carbonyl (C=O) groups excluding carboxylic acids is 1. The molecule has 2 aliphatic rings. The number of oxime groups is 1. The predicted octanol–water partition coefficient (Wildman–Crippen LogP) is 4.86. The standard InChI is InChI=1S/C24H28FN3O2/c25-22-14-8-7-13-21(22)23-15-20(30-27-23)17-28(16-18-9-3-1-4-10-18)24(29)26-19-11-5-2-6-12-19/h1,3-4,7-10,13-14,19-20H,2,5-6,11-12,15-17H2,(H,26,29). The van der Waals surface area contributed by atoms with Crippen LogP contribution in [0.1, 0.15) is 49.7 Å². The third kappa shape index (κ3) is 5.17. The molecule has 4 rings (SSSR count). The van der Waals surface area contributed by atoms with Crippen molar-refractivity contribution < 1.29 is 14.0 Å². The van der Waals surface area contributed by atoms with E-state index in [0.717, 1.165) is 31.2 Å². The second-order valence-corrected chi connectivity index (χ2v) is 8.10. The van der Waals surface area contributed by atoms with Gasteiger partial charge in [0.1, 0.15) is 5.82 Å². The first-order valence-corrected chi connectivity index (χ1v) is 10.8. The second kappa shape index (κ2) is 9.74. The summed E-state index contributed by atoms with van der Waals surface area (Å²) in [4.78, 5) is 20.4. The number of amides is 2. The minimum atomic E-state index is -0.309. The smallest absolute Gasteiger partial charge is 0.318 e. The lowest BCUT2D eigenvalue weighted by Gasteiger charge is -2.29. The Hall–Kier alpha value is -2.89. The molecule has 1 fully saturated rings. The van der Waals surface area contributed by atoms with E-state index in [2.05, 4.69) is 10.5 Å². The van der Waals surface area contributed by atoms with Gasteiger partial charge in [0.15, 0.2) is 6.10 Å². The maximum Gasteiger partial charge on any atom is 0.318 e. The zero-order valence-electron chi connectivity index (χ0n) is 17.1. The van der Waals surface area contributed by atoms with Crippen molar-refractivity contribution in [3.05, 3.63) is 71.5 Å². The fourth-order valence-corrected chi connectivity index (χ4v) is 4.16. The Morgan fingerprint density at radius 3 is 2.57 bits per heavy atom. The van der Waals surface area contributed by atoms with Crippen molar-refractivity contribution in [1.29, 1.82) is 0 Å². The molecule has 2 amide bonds. The molecule has 2 aromatic carbocycles. The topological polar surface area (TPSA) is 53.9 Å². The van der Waals surface area contributed by atoms with E-state index in [4.69, 9.17) is 4.84 Å². The highest BCUT2D eigenvalue weighted by molar-refractivity contribution is 6.01. The number of nitrogens with zero attached hydrogens (tertiary/aromatic N) is 2. The Kier molecular flexibility index (Phi) is 6.62. The van der Waals surface area contributed by atoms with Gasteiger partial charge < -0.3 is 15.1 Å². The number of urea groups is 1. The molecule has 30 heavy (non-hydrogen) atoms. The summed E-state index contributed by atoms with van der Waals surface area (Å²) in [7, 11) is 0. The van der Waals surface area contributed by atoms with E-state index >= 15 is 0 Å². The van der Waals surface area contributed by atoms with Crippen LogP contribution in [0.5, 0.6) is 0 Å². The molecule has 1 aliphatic heterocycles. The number of hydrogen-bond donors (Lipinski definition) is 1. The van der Waals surface area contributed by atoms with Crippen molar-refractivity contribution in [2.75, 3.05) is 6.54 Å². The average Bonchev–Trinajstić information content (AvgIpc) is 3.23. The molecule has 2 aromatic rings. The van der Waals surface area contributed by atoms with E-state index in [-0.39, 0.29) is 24.0 Å². The lowest BCUT2D eigenvalue weighted by atomic mass is 9.96. The van der Waals surface area contributed by atoms with Crippen molar-refractivity contribution >= 4 is 11.7 Å². The summed E-state index contributed by atoms with van der Waals surface area (Å²) in [5.74, 6) is -0.309. The normalized spacial score (nSPS) is 19.1. The van der Waals surface area contributed by atoms with Gasteiger partial charge in [-0.2, -0.15) is 0 Å². The van der Waals surface area contributed by atoms with Crippen LogP contribution >= 0.6 is 0 Å². The fraction of sp³-hybridized carbons (Fsp3) is 0.417. The molecule has 1 unspecified atom stereocenters. The minimum Gasteiger partial charge on any atom is -0.390 e. The average molecular weight is 410 g/mol. The Bertz CT molecular complexity index is 881. The van der Waals surface area contributed by atoms with Gasteiger partial charge in [0.25, 0.3) is 0 Å². The summed E-state index contributed by atoms with van der Waals surface area (Å²) in [6, 6.07) is 16.7. The van der Waals surface area contributed by atoms with Gasteiger partial charge in [-0.1, -0.05) is 72.9 Å². The molecule has 0 radical (unpaired) electrons. The summed E-state index contributed by atoms with van der Waals surface area (Å²) in [5.41, 5.74) is 2.11. The Morgan fingerprint density at radius 2 is 1.80 bits per heavy atom. The van der Waals surface area contributed by atoms with E-state index in [0.29, 0.717) is 30.8 Å². The van der Waals surface area contributed by atoms with Crippen LogP contribution in [0.2, 0.25) is 0 Å². The lowest BCUT2D eigenvalue weighted by Crippen LogP contribution is -2.47. The summed E-state index contributed by atoms with van der Waals surface area (Å²) >= 11 is 0. The summed E-state index contributed by atoms with van der Waals surface area (Å²) < 4.78 is 14.1. The summed E-state index contributed by atoms with van der Waals surface area (Å²) in [6.07, 6.45) is 5.82. The largest absolute Gasteiger partial charge is 0.390 e. The van der Waals surface area contributed by atoms with Crippen LogP contribution in [0.15, 0.2) is 59.8 Å². The van der Waals surface area contributed by atoms with Crippen LogP contribution in [0.25, 0.3) is 0 Å². The van der Waals surface area contributed by atoms with Gasteiger partial charge >= 0.3 is 6.03 Å². The Balaban J connectivity index is 1.42. The summed E-state index contributed by atoms with van der Waals surface area (Å²) in [6.45, 7) is 0.892. The fourth-order valence-electron chi connectivity index (χ4n) is 4.16. The quantitative estimate of drug-likeness (QED) is 0.741. The molecule has 0 spiro atoms. The number of rotatable bonds is 6. The molecule has 1 heterocycles. The monoisotopic (exact) mass is 409 g/mol. The van der Waals surface area contributed by atoms with E-state index in [9.17, 15) is 9.18 Å². The highest BCUT2D eigenvalue weighted by Crippen LogP contribution is 2.21. The maximum absolute atomic E-state index is 14.1. The van der Waals surface area contributed by atoms with Gasteiger partial charge in [-0.15, -0.1) is 0 Å². The third-order valence-corrected chi connectivity index (χ3v) is 5.78. The van der Waals surface area contributed by atoms with Crippen LogP contribution in [0.3, 0.4) is 0 Å². The third-order valence-electron chi connectivity index (χ3n) is 5.78. The highest BCUT2D eigenvalue weighted by Gasteiger charge is 2.29. The van der Waals surface area contributed by atoms with E-state index in [1.54, 1.807) is 23.1 Å². The van der Waals surface area contributed by atoms with Gasteiger partial charge in [0.05, 0.1) is 12.3 Å². The van der Waals surface area contributed by atoms with Crippen molar-refractivity contribution in [2.24, 2.45) is 5.16 Å². The number of carbonyl (C=O) groups is 1. The van der Waals surface area contributed by atoms with Crippen molar-refractivity contribution in [2.45, 2.75) is 57.2 Å². The first-order chi connectivity index (χ1) is 14.7. The molecular weight excluding hydrogens is 381 g/mol. The molecule has 0 bridgehead atoms. The van der Waals surface area contributed by atoms with Crippen LogP contribution in [0.4, 0.5) is 9.18 Å². The van der Waals surface area contributed by atoms with Gasteiger partial charge in [0.2, 0.25) is 0 Å². The molecular formula is C24H28FN3O2. The molecule has 5 nitrogen and oxygen atoms in total. The zero-order valence-corrected chi connectivity index (χ0v) is 17.1. The molecule has 1 aliphatic carbocycles. The van der Waals surface area contributed by atoms with E-state index in [1.165, 1.54) is 12.5 Å². The summed E-state index contributed by atoms with van der Waals surface area (Å²) in [5, 5.41) is 7.30.